The highest BCUT2D eigenvalue weighted by Gasteiger charge is 2.30. The summed E-state index contributed by atoms with van der Waals surface area (Å²) in [5.74, 6) is -0.456. The van der Waals surface area contributed by atoms with Crippen LogP contribution in [0.2, 0.25) is 5.02 Å². The number of carbonyl (C=O) groups excluding carboxylic acids is 1. The molecule has 3 nitrogen and oxygen atoms in total. The van der Waals surface area contributed by atoms with E-state index in [-0.39, 0.29) is 0 Å². The average Bonchev–Trinajstić information content (AvgIpc) is 2.21. The van der Waals surface area contributed by atoms with Crippen molar-refractivity contribution in [1.29, 1.82) is 0 Å². The van der Waals surface area contributed by atoms with Gasteiger partial charge in [-0.2, -0.15) is 0 Å². The van der Waals surface area contributed by atoms with E-state index in [1.165, 1.54) is 30.2 Å². The molecule has 0 aliphatic heterocycles. The first-order valence-corrected chi connectivity index (χ1v) is 5.48. The Morgan fingerprint density at radius 1 is 1.41 bits per heavy atom. The summed E-state index contributed by atoms with van der Waals surface area (Å²) in [6.45, 7) is 5.43. The fraction of sp³-hybridized carbons (Fsp3) is 0.417. The van der Waals surface area contributed by atoms with Gasteiger partial charge < -0.3 is 4.74 Å². The van der Waals surface area contributed by atoms with Gasteiger partial charge in [-0.3, -0.25) is 4.90 Å². The van der Waals surface area contributed by atoms with E-state index in [1.54, 1.807) is 0 Å². The largest absolute Gasteiger partial charge is 0.452 e. The number of methoxy groups -OCH3 is 1. The zero-order valence-corrected chi connectivity index (χ0v) is 11.0. The van der Waals surface area contributed by atoms with Crippen molar-refractivity contribution in [3.05, 3.63) is 29.0 Å². The molecule has 0 N–H and O–H groups in total. The summed E-state index contributed by atoms with van der Waals surface area (Å²) in [6, 6.07) is 3.86. The third-order valence-corrected chi connectivity index (χ3v) is 2.50. The Bertz CT molecular complexity index is 429. The SMILES string of the molecule is COC(=O)N(c1cc(F)ccc1Cl)C(C)(C)C. The number of hydrogen-bond donors (Lipinski definition) is 0. The van der Waals surface area contributed by atoms with Gasteiger partial charge >= 0.3 is 6.09 Å². The monoisotopic (exact) mass is 259 g/mol. The maximum atomic E-state index is 13.2. The standard InChI is InChI=1S/C12H15ClFNO2/c1-12(2,3)15(11(16)17-4)10-7-8(14)5-6-9(10)13/h5-7H,1-4H3. The molecule has 17 heavy (non-hydrogen) atoms. The van der Waals surface area contributed by atoms with Crippen LogP contribution < -0.4 is 4.90 Å². The topological polar surface area (TPSA) is 29.5 Å². The normalized spacial score (nSPS) is 11.2. The van der Waals surface area contributed by atoms with Crippen LogP contribution in [0.15, 0.2) is 18.2 Å². The van der Waals surface area contributed by atoms with Crippen molar-refractivity contribution >= 4 is 23.4 Å². The molecule has 0 spiro atoms. The van der Waals surface area contributed by atoms with Crippen molar-refractivity contribution in [1.82, 2.24) is 0 Å². The van der Waals surface area contributed by atoms with Crippen LogP contribution in [0.5, 0.6) is 0 Å². The Kier molecular flexibility index (Phi) is 3.98. The van der Waals surface area contributed by atoms with Crippen molar-refractivity contribution < 1.29 is 13.9 Å². The minimum atomic E-state index is -0.579. The molecule has 0 aliphatic carbocycles. The van der Waals surface area contributed by atoms with Gasteiger partial charge in [0, 0.05) is 5.54 Å². The number of anilines is 1. The van der Waals surface area contributed by atoms with Gasteiger partial charge in [0.1, 0.15) is 5.82 Å². The number of halogens is 2. The Hall–Kier alpha value is -1.29. The maximum Gasteiger partial charge on any atom is 0.414 e. The van der Waals surface area contributed by atoms with Crippen LogP contribution in [0.3, 0.4) is 0 Å². The van der Waals surface area contributed by atoms with Crippen LogP contribution in [0, 0.1) is 5.82 Å². The van der Waals surface area contributed by atoms with Crippen molar-refractivity contribution in [2.75, 3.05) is 12.0 Å². The number of nitrogens with zero attached hydrogens (tertiary/aromatic N) is 1. The van der Waals surface area contributed by atoms with Gasteiger partial charge in [0.15, 0.2) is 0 Å². The molecule has 0 radical (unpaired) electrons. The molecule has 0 aromatic heterocycles. The summed E-state index contributed by atoms with van der Waals surface area (Å²) >= 11 is 5.98. The second-order valence-electron chi connectivity index (χ2n) is 4.57. The highest BCUT2D eigenvalue weighted by Crippen LogP contribution is 2.32. The first kappa shape index (κ1) is 13.8. The summed E-state index contributed by atoms with van der Waals surface area (Å²) in [6.07, 6.45) is -0.579. The first-order valence-electron chi connectivity index (χ1n) is 5.10. The molecule has 0 saturated heterocycles. The highest BCUT2D eigenvalue weighted by atomic mass is 35.5. The number of hydrogen-bond acceptors (Lipinski definition) is 2. The van der Waals surface area contributed by atoms with Crippen LogP contribution in [-0.2, 0) is 4.74 Å². The van der Waals surface area contributed by atoms with Crippen LogP contribution >= 0.6 is 11.6 Å². The molecule has 5 heteroatoms. The summed E-state index contributed by atoms with van der Waals surface area (Å²) < 4.78 is 17.9. The number of rotatable bonds is 1. The van der Waals surface area contributed by atoms with Crippen molar-refractivity contribution in [2.45, 2.75) is 26.3 Å². The van der Waals surface area contributed by atoms with Gasteiger partial charge in [0.2, 0.25) is 0 Å². The smallest absolute Gasteiger partial charge is 0.414 e. The third-order valence-electron chi connectivity index (χ3n) is 2.18. The lowest BCUT2D eigenvalue weighted by atomic mass is 10.1. The predicted octanol–water partition coefficient (Wildman–Crippen LogP) is 3.85. The minimum absolute atomic E-state index is 0.297. The number of benzene rings is 1. The summed E-state index contributed by atoms with van der Waals surface area (Å²) in [5.41, 5.74) is -0.268. The number of amides is 1. The molecule has 0 bridgehead atoms. The molecule has 0 heterocycles. The summed E-state index contributed by atoms with van der Waals surface area (Å²) in [5, 5.41) is 0.298. The predicted molar refractivity (Wildman–Crippen MR) is 66.0 cm³/mol. The van der Waals surface area contributed by atoms with E-state index < -0.39 is 17.4 Å². The van der Waals surface area contributed by atoms with Crippen LogP contribution in [0.4, 0.5) is 14.9 Å². The fourth-order valence-electron chi connectivity index (χ4n) is 1.48. The van der Waals surface area contributed by atoms with E-state index in [0.717, 1.165) is 0 Å². The first-order chi connectivity index (χ1) is 7.77. The third kappa shape index (κ3) is 3.09. The van der Waals surface area contributed by atoms with Crippen molar-refractivity contribution in [2.24, 2.45) is 0 Å². The molecule has 0 saturated carbocycles. The highest BCUT2D eigenvalue weighted by molar-refractivity contribution is 6.33. The Morgan fingerprint density at radius 3 is 2.47 bits per heavy atom. The van der Waals surface area contributed by atoms with Gasteiger partial charge in [-0.15, -0.1) is 0 Å². The molecule has 0 fully saturated rings. The molecule has 0 aliphatic rings. The molecule has 94 valence electrons. The maximum absolute atomic E-state index is 13.2. The molecule has 0 unspecified atom stereocenters. The van der Waals surface area contributed by atoms with E-state index >= 15 is 0 Å². The molecule has 0 atom stereocenters. The second kappa shape index (κ2) is 4.92. The Labute approximate surface area is 105 Å². The molecule has 1 aromatic rings. The van der Waals surface area contributed by atoms with Crippen molar-refractivity contribution in [3.63, 3.8) is 0 Å². The van der Waals surface area contributed by atoms with Gasteiger partial charge in [-0.25, -0.2) is 9.18 Å². The summed E-state index contributed by atoms with van der Waals surface area (Å²) in [7, 11) is 1.27. The van der Waals surface area contributed by atoms with Gasteiger partial charge in [0.05, 0.1) is 17.8 Å². The quantitative estimate of drug-likeness (QED) is 0.767. The Balaban J connectivity index is 3.32. The van der Waals surface area contributed by atoms with Crippen LogP contribution in [0.1, 0.15) is 20.8 Å². The fourth-order valence-corrected chi connectivity index (χ4v) is 1.68. The van der Waals surface area contributed by atoms with E-state index in [9.17, 15) is 9.18 Å². The zero-order chi connectivity index (χ0) is 13.2. The molecule has 1 rings (SSSR count). The second-order valence-corrected chi connectivity index (χ2v) is 4.98. The average molecular weight is 260 g/mol. The van der Waals surface area contributed by atoms with Crippen molar-refractivity contribution in [3.8, 4) is 0 Å². The lowest BCUT2D eigenvalue weighted by Crippen LogP contribution is -2.46. The van der Waals surface area contributed by atoms with Crippen LogP contribution in [-0.4, -0.2) is 18.7 Å². The van der Waals surface area contributed by atoms with E-state index in [4.69, 9.17) is 16.3 Å². The Morgan fingerprint density at radius 2 is 2.00 bits per heavy atom. The molecular weight excluding hydrogens is 245 g/mol. The molecule has 1 amide bonds. The molecule has 1 aromatic carbocycles. The van der Waals surface area contributed by atoms with Gasteiger partial charge in [-0.1, -0.05) is 11.6 Å². The van der Waals surface area contributed by atoms with E-state index in [0.29, 0.717) is 10.7 Å². The molecular formula is C12H15ClFNO2. The van der Waals surface area contributed by atoms with Gasteiger partial charge in [-0.05, 0) is 39.0 Å². The summed E-state index contributed by atoms with van der Waals surface area (Å²) in [4.78, 5) is 13.1. The van der Waals surface area contributed by atoms with Gasteiger partial charge in [0.25, 0.3) is 0 Å². The lowest BCUT2D eigenvalue weighted by molar-refractivity contribution is 0.172. The van der Waals surface area contributed by atoms with E-state index in [1.807, 2.05) is 20.8 Å². The zero-order valence-electron chi connectivity index (χ0n) is 10.3. The van der Waals surface area contributed by atoms with Crippen LogP contribution in [0.25, 0.3) is 0 Å². The minimum Gasteiger partial charge on any atom is -0.452 e. The van der Waals surface area contributed by atoms with E-state index in [2.05, 4.69) is 0 Å². The number of ether oxygens (including phenoxy) is 1. The number of carbonyl (C=O) groups is 1. The lowest BCUT2D eigenvalue weighted by Gasteiger charge is -2.34.